The van der Waals surface area contributed by atoms with Crippen LogP contribution in [0.25, 0.3) is 0 Å². The lowest BCUT2D eigenvalue weighted by atomic mass is 10.0. The highest BCUT2D eigenvalue weighted by atomic mass is 15.3. The summed E-state index contributed by atoms with van der Waals surface area (Å²) in [6, 6.07) is 2.06. The van der Waals surface area contributed by atoms with Crippen LogP contribution in [0.5, 0.6) is 0 Å². The maximum absolute atomic E-state index is 4.45. The first kappa shape index (κ1) is 12.8. The summed E-state index contributed by atoms with van der Waals surface area (Å²) in [5.41, 5.74) is 2.54. The molecule has 5 nitrogen and oxygen atoms in total. The number of piperazine rings is 1. The molecule has 20 heavy (non-hydrogen) atoms. The van der Waals surface area contributed by atoms with E-state index >= 15 is 0 Å². The Labute approximate surface area is 120 Å². The molecule has 110 valence electrons. The smallest absolute Gasteiger partial charge is 0.0925 e. The predicted molar refractivity (Wildman–Crippen MR) is 78.5 cm³/mol. The van der Waals surface area contributed by atoms with E-state index in [1.54, 1.807) is 0 Å². The predicted octanol–water partition coefficient (Wildman–Crippen LogP) is 0.593. The van der Waals surface area contributed by atoms with Crippen molar-refractivity contribution >= 4 is 0 Å². The fourth-order valence-electron chi connectivity index (χ4n) is 4.14. The van der Waals surface area contributed by atoms with Gasteiger partial charge in [-0.1, -0.05) is 0 Å². The Morgan fingerprint density at radius 2 is 2.35 bits per heavy atom. The first-order chi connectivity index (χ1) is 9.79. The molecule has 5 heteroatoms. The first-order valence-electron chi connectivity index (χ1n) is 8.02. The molecule has 1 aromatic heterocycles. The molecule has 3 atom stereocenters. The molecule has 0 bridgehead atoms. The molecule has 0 saturated carbocycles. The molecule has 3 aliphatic rings. The van der Waals surface area contributed by atoms with Gasteiger partial charge in [-0.05, 0) is 26.3 Å². The second kappa shape index (κ2) is 5.13. The summed E-state index contributed by atoms with van der Waals surface area (Å²) in [5, 5.41) is 3.66. The third kappa shape index (κ3) is 2.28. The highest BCUT2D eigenvalue weighted by Crippen LogP contribution is 2.25. The van der Waals surface area contributed by atoms with Crippen molar-refractivity contribution in [2.45, 2.75) is 50.9 Å². The number of nitrogens with one attached hydrogen (secondary N) is 2. The van der Waals surface area contributed by atoms with Gasteiger partial charge in [-0.15, -0.1) is 0 Å². The van der Waals surface area contributed by atoms with E-state index in [1.165, 1.54) is 43.9 Å². The van der Waals surface area contributed by atoms with Gasteiger partial charge in [0.25, 0.3) is 0 Å². The van der Waals surface area contributed by atoms with Crippen molar-refractivity contribution in [3.8, 4) is 0 Å². The van der Waals surface area contributed by atoms with Crippen LogP contribution in [0, 0.1) is 0 Å². The van der Waals surface area contributed by atoms with Gasteiger partial charge < -0.3 is 10.3 Å². The Kier molecular flexibility index (Phi) is 3.28. The molecule has 2 fully saturated rings. The standard InChI is InChI=1S/C15H25N5/c1-11-7-19-4-2-3-13(19)9-20(11)8-12-5-14-15(6-16-12)18-10-17-14/h10-13,16H,2-9H2,1H3,(H,17,18). The van der Waals surface area contributed by atoms with Crippen molar-refractivity contribution in [2.24, 2.45) is 0 Å². The third-order valence-electron chi connectivity index (χ3n) is 5.34. The molecule has 0 spiro atoms. The molecule has 0 aromatic carbocycles. The molecule has 0 radical (unpaired) electrons. The van der Waals surface area contributed by atoms with E-state index < -0.39 is 0 Å². The van der Waals surface area contributed by atoms with Gasteiger partial charge in [0.05, 0.1) is 17.7 Å². The minimum absolute atomic E-state index is 0.557. The highest BCUT2D eigenvalue weighted by molar-refractivity contribution is 5.16. The minimum Gasteiger partial charge on any atom is -0.347 e. The van der Waals surface area contributed by atoms with Crippen molar-refractivity contribution in [3.63, 3.8) is 0 Å². The van der Waals surface area contributed by atoms with E-state index in [-0.39, 0.29) is 0 Å². The second-order valence-electron chi connectivity index (χ2n) is 6.70. The number of aromatic amines is 1. The van der Waals surface area contributed by atoms with Crippen LogP contribution in [0.4, 0.5) is 0 Å². The summed E-state index contributed by atoms with van der Waals surface area (Å²) in [6.45, 7) is 8.33. The zero-order valence-corrected chi connectivity index (χ0v) is 12.3. The Morgan fingerprint density at radius 1 is 1.40 bits per heavy atom. The molecule has 4 rings (SSSR count). The van der Waals surface area contributed by atoms with Crippen molar-refractivity contribution < 1.29 is 0 Å². The molecule has 0 amide bonds. The number of hydrogen-bond donors (Lipinski definition) is 2. The zero-order valence-electron chi connectivity index (χ0n) is 12.3. The molecule has 0 aliphatic carbocycles. The Balaban J connectivity index is 1.39. The number of imidazole rings is 1. The monoisotopic (exact) mass is 275 g/mol. The molecular formula is C15H25N5. The summed E-state index contributed by atoms with van der Waals surface area (Å²) >= 11 is 0. The quantitative estimate of drug-likeness (QED) is 0.829. The summed E-state index contributed by atoms with van der Waals surface area (Å²) < 4.78 is 0. The van der Waals surface area contributed by atoms with E-state index in [1.807, 2.05) is 6.33 Å². The fourth-order valence-corrected chi connectivity index (χ4v) is 4.14. The van der Waals surface area contributed by atoms with E-state index in [2.05, 4.69) is 32.0 Å². The fraction of sp³-hybridized carbons (Fsp3) is 0.800. The zero-order chi connectivity index (χ0) is 13.5. The number of hydrogen-bond acceptors (Lipinski definition) is 4. The average molecular weight is 275 g/mol. The summed E-state index contributed by atoms with van der Waals surface area (Å²) in [6.07, 6.45) is 5.68. The maximum atomic E-state index is 4.45. The normalized spacial score (nSPS) is 35.0. The summed E-state index contributed by atoms with van der Waals surface area (Å²) in [5.74, 6) is 0. The third-order valence-corrected chi connectivity index (χ3v) is 5.34. The molecule has 2 N–H and O–H groups in total. The second-order valence-corrected chi connectivity index (χ2v) is 6.70. The lowest BCUT2D eigenvalue weighted by Gasteiger charge is -2.44. The lowest BCUT2D eigenvalue weighted by molar-refractivity contribution is 0.0516. The van der Waals surface area contributed by atoms with Crippen molar-refractivity contribution in [2.75, 3.05) is 26.2 Å². The van der Waals surface area contributed by atoms with E-state index in [4.69, 9.17) is 0 Å². The number of H-pyrrole nitrogens is 1. The molecule has 3 aliphatic heterocycles. The molecule has 4 heterocycles. The van der Waals surface area contributed by atoms with Gasteiger partial charge in [0, 0.05) is 50.7 Å². The van der Waals surface area contributed by atoms with Crippen LogP contribution in [-0.2, 0) is 13.0 Å². The van der Waals surface area contributed by atoms with Gasteiger partial charge in [0.2, 0.25) is 0 Å². The number of aromatic nitrogens is 2. The Hall–Kier alpha value is -0.910. The molecule has 3 unspecified atom stereocenters. The topological polar surface area (TPSA) is 47.2 Å². The van der Waals surface area contributed by atoms with Gasteiger partial charge in [-0.25, -0.2) is 4.98 Å². The van der Waals surface area contributed by atoms with Crippen molar-refractivity contribution in [1.82, 2.24) is 25.1 Å². The van der Waals surface area contributed by atoms with Gasteiger partial charge in [-0.3, -0.25) is 9.80 Å². The van der Waals surface area contributed by atoms with Crippen LogP contribution >= 0.6 is 0 Å². The number of fused-ring (bicyclic) bond motifs is 2. The lowest BCUT2D eigenvalue weighted by Crippen LogP contribution is -2.58. The van der Waals surface area contributed by atoms with Crippen LogP contribution < -0.4 is 5.32 Å². The summed E-state index contributed by atoms with van der Waals surface area (Å²) in [7, 11) is 0. The summed E-state index contributed by atoms with van der Waals surface area (Å²) in [4.78, 5) is 13.1. The molecular weight excluding hydrogens is 250 g/mol. The molecule has 1 aromatic rings. The van der Waals surface area contributed by atoms with Crippen LogP contribution in [0.15, 0.2) is 6.33 Å². The number of nitrogens with zero attached hydrogens (tertiary/aromatic N) is 3. The van der Waals surface area contributed by atoms with Gasteiger partial charge in [-0.2, -0.15) is 0 Å². The van der Waals surface area contributed by atoms with Crippen molar-refractivity contribution in [3.05, 3.63) is 17.7 Å². The Bertz CT molecular complexity index is 471. The Morgan fingerprint density at radius 3 is 3.30 bits per heavy atom. The maximum Gasteiger partial charge on any atom is 0.0925 e. The number of rotatable bonds is 2. The van der Waals surface area contributed by atoms with Crippen LogP contribution in [0.2, 0.25) is 0 Å². The highest BCUT2D eigenvalue weighted by Gasteiger charge is 2.35. The van der Waals surface area contributed by atoms with Gasteiger partial charge in [0.1, 0.15) is 0 Å². The van der Waals surface area contributed by atoms with Crippen LogP contribution in [0.3, 0.4) is 0 Å². The van der Waals surface area contributed by atoms with Crippen LogP contribution in [0.1, 0.15) is 31.2 Å². The largest absolute Gasteiger partial charge is 0.347 e. The first-order valence-corrected chi connectivity index (χ1v) is 8.02. The minimum atomic E-state index is 0.557. The van der Waals surface area contributed by atoms with Gasteiger partial charge in [0.15, 0.2) is 0 Å². The molecule has 2 saturated heterocycles. The average Bonchev–Trinajstić information content (AvgIpc) is 3.06. The van der Waals surface area contributed by atoms with E-state index in [0.29, 0.717) is 12.1 Å². The van der Waals surface area contributed by atoms with E-state index in [0.717, 1.165) is 25.6 Å². The van der Waals surface area contributed by atoms with E-state index in [9.17, 15) is 0 Å². The van der Waals surface area contributed by atoms with Gasteiger partial charge >= 0.3 is 0 Å². The van der Waals surface area contributed by atoms with Crippen molar-refractivity contribution in [1.29, 1.82) is 0 Å². The SMILES string of the molecule is CC1CN2CCCC2CN1CC1Cc2nc[nH]c2CN1. The van der Waals surface area contributed by atoms with Crippen LogP contribution in [-0.4, -0.2) is 64.1 Å².